The molecule has 0 radical (unpaired) electrons. The fourth-order valence-corrected chi connectivity index (χ4v) is 4.08. The highest BCUT2D eigenvalue weighted by Crippen LogP contribution is 2.31. The average Bonchev–Trinajstić information content (AvgIpc) is 3.29. The molecule has 0 spiro atoms. The van der Waals surface area contributed by atoms with E-state index in [9.17, 15) is 14.9 Å². The second kappa shape index (κ2) is 9.36. The van der Waals surface area contributed by atoms with Crippen LogP contribution in [0.5, 0.6) is 0 Å². The van der Waals surface area contributed by atoms with Gasteiger partial charge < -0.3 is 5.32 Å². The molecule has 0 saturated heterocycles. The molecule has 6 nitrogen and oxygen atoms in total. The third-order valence-corrected chi connectivity index (χ3v) is 5.71. The van der Waals surface area contributed by atoms with Crippen molar-refractivity contribution in [1.29, 1.82) is 0 Å². The Bertz CT molecular complexity index is 1310. The Kier molecular flexibility index (Phi) is 6.19. The van der Waals surface area contributed by atoms with Crippen molar-refractivity contribution in [2.45, 2.75) is 6.92 Å². The van der Waals surface area contributed by atoms with Crippen LogP contribution < -0.4 is 5.32 Å². The summed E-state index contributed by atoms with van der Waals surface area (Å²) in [5.74, 6) is -0.320. The smallest absolute Gasteiger partial charge is 0.270 e. The molecule has 0 saturated carbocycles. The van der Waals surface area contributed by atoms with E-state index in [0.717, 1.165) is 21.8 Å². The van der Waals surface area contributed by atoms with Gasteiger partial charge in [-0.15, -0.1) is 11.3 Å². The lowest BCUT2D eigenvalue weighted by Crippen LogP contribution is -2.07. The van der Waals surface area contributed by atoms with Crippen LogP contribution in [-0.2, 0) is 4.79 Å². The second-order valence-corrected chi connectivity index (χ2v) is 7.96. The van der Waals surface area contributed by atoms with Crippen molar-refractivity contribution >= 4 is 34.7 Å². The van der Waals surface area contributed by atoms with Crippen LogP contribution in [0.2, 0.25) is 0 Å². The van der Waals surface area contributed by atoms with E-state index in [2.05, 4.69) is 24.4 Å². The summed E-state index contributed by atoms with van der Waals surface area (Å²) >= 11 is 1.60. The van der Waals surface area contributed by atoms with Gasteiger partial charge in [0.15, 0.2) is 0 Å². The van der Waals surface area contributed by atoms with Crippen molar-refractivity contribution in [2.24, 2.45) is 0 Å². The van der Waals surface area contributed by atoms with Gasteiger partial charge in [-0.2, -0.15) is 0 Å². The summed E-state index contributed by atoms with van der Waals surface area (Å²) in [6.07, 6.45) is 2.89. The molecule has 4 aromatic rings. The van der Waals surface area contributed by atoms with Gasteiger partial charge in [0.2, 0.25) is 5.91 Å². The van der Waals surface area contributed by atoms with E-state index < -0.39 is 4.92 Å². The van der Waals surface area contributed by atoms with Gasteiger partial charge in [-0.1, -0.05) is 48.5 Å². The number of aromatic nitrogens is 1. The van der Waals surface area contributed by atoms with E-state index in [1.807, 2.05) is 41.8 Å². The molecule has 0 unspecified atom stereocenters. The number of nitro benzene ring substituents is 1. The number of hydrogen-bond acceptors (Lipinski definition) is 5. The molecule has 0 atom stereocenters. The first-order chi connectivity index (χ1) is 15.5. The van der Waals surface area contributed by atoms with Crippen molar-refractivity contribution in [2.75, 3.05) is 5.32 Å². The Labute approximate surface area is 189 Å². The first-order valence-corrected chi connectivity index (χ1v) is 10.7. The summed E-state index contributed by atoms with van der Waals surface area (Å²) in [5, 5.41) is 16.6. The maximum absolute atomic E-state index is 12.2. The number of hydrogen-bond donors (Lipinski definition) is 1. The minimum Gasteiger partial charge on any atom is -0.323 e. The van der Waals surface area contributed by atoms with Crippen LogP contribution in [0.15, 0.2) is 84.3 Å². The number of non-ortho nitro benzene ring substituents is 1. The molecule has 0 aliphatic rings. The quantitative estimate of drug-likeness (QED) is 0.215. The van der Waals surface area contributed by atoms with Crippen LogP contribution in [0.25, 0.3) is 27.9 Å². The zero-order chi connectivity index (χ0) is 22.5. The van der Waals surface area contributed by atoms with Gasteiger partial charge in [-0.05, 0) is 36.3 Å². The van der Waals surface area contributed by atoms with Crippen molar-refractivity contribution < 1.29 is 9.72 Å². The Balaban J connectivity index is 1.42. The largest absolute Gasteiger partial charge is 0.323 e. The lowest BCUT2D eigenvalue weighted by molar-refractivity contribution is -0.384. The first kappa shape index (κ1) is 21.1. The molecule has 4 rings (SSSR count). The van der Waals surface area contributed by atoms with Gasteiger partial charge in [0.1, 0.15) is 5.01 Å². The number of anilines is 1. The third-order valence-electron chi connectivity index (χ3n) is 4.84. The molecule has 7 heteroatoms. The van der Waals surface area contributed by atoms with E-state index in [1.165, 1.54) is 23.8 Å². The molecule has 0 bridgehead atoms. The Morgan fingerprint density at radius 2 is 1.84 bits per heavy atom. The normalized spacial score (nSPS) is 10.9. The van der Waals surface area contributed by atoms with Gasteiger partial charge in [0, 0.05) is 40.4 Å². The highest BCUT2D eigenvalue weighted by Gasteiger charge is 2.09. The lowest BCUT2D eigenvalue weighted by Gasteiger charge is -2.04. The van der Waals surface area contributed by atoms with E-state index in [-0.39, 0.29) is 11.6 Å². The number of thiazole rings is 1. The van der Waals surface area contributed by atoms with Crippen LogP contribution in [0, 0.1) is 17.0 Å². The van der Waals surface area contributed by atoms with Crippen LogP contribution in [0.4, 0.5) is 11.4 Å². The molecule has 1 amide bonds. The summed E-state index contributed by atoms with van der Waals surface area (Å²) in [7, 11) is 0. The number of nitrogens with one attached hydrogen (secondary N) is 1. The Morgan fingerprint density at radius 3 is 2.59 bits per heavy atom. The fourth-order valence-electron chi connectivity index (χ4n) is 3.17. The molecule has 1 N–H and O–H groups in total. The monoisotopic (exact) mass is 441 g/mol. The van der Waals surface area contributed by atoms with Crippen LogP contribution in [0.3, 0.4) is 0 Å². The summed E-state index contributed by atoms with van der Waals surface area (Å²) in [6, 6.07) is 21.7. The molecule has 1 heterocycles. The van der Waals surface area contributed by atoms with Gasteiger partial charge >= 0.3 is 0 Å². The number of amides is 1. The zero-order valence-corrected chi connectivity index (χ0v) is 18.0. The minimum atomic E-state index is -0.467. The lowest BCUT2D eigenvalue weighted by atomic mass is 10.1. The van der Waals surface area contributed by atoms with E-state index in [1.54, 1.807) is 29.5 Å². The maximum atomic E-state index is 12.2. The number of nitrogens with zero attached hydrogens (tertiary/aromatic N) is 2. The summed E-state index contributed by atoms with van der Waals surface area (Å²) in [6.45, 7) is 2.07. The predicted octanol–water partition coefficient (Wildman–Crippen LogP) is 6.35. The van der Waals surface area contributed by atoms with E-state index >= 15 is 0 Å². The standard InChI is InChI=1S/C25H19N3O3S/c1-17-5-2-3-8-22(17)25-27-23(16-32-25)19-10-12-20(13-11-19)26-24(29)14-9-18-6-4-7-21(15-18)28(30)31/h2-16H,1H3,(H,26,29)/b14-9+. The average molecular weight is 442 g/mol. The molecule has 1 aromatic heterocycles. The van der Waals surface area contributed by atoms with E-state index in [0.29, 0.717) is 11.3 Å². The van der Waals surface area contributed by atoms with Gasteiger partial charge in [-0.25, -0.2) is 4.98 Å². The molecule has 158 valence electrons. The Hall–Kier alpha value is -4.10. The number of nitro groups is 1. The van der Waals surface area contributed by atoms with Crippen molar-refractivity contribution in [3.05, 3.63) is 105 Å². The number of aryl methyl sites for hydroxylation is 1. The molecular weight excluding hydrogens is 422 g/mol. The summed E-state index contributed by atoms with van der Waals surface area (Å²) in [4.78, 5) is 27.3. The highest BCUT2D eigenvalue weighted by molar-refractivity contribution is 7.13. The van der Waals surface area contributed by atoms with Gasteiger partial charge in [0.25, 0.3) is 5.69 Å². The van der Waals surface area contributed by atoms with Gasteiger partial charge in [0.05, 0.1) is 10.6 Å². The van der Waals surface area contributed by atoms with E-state index in [4.69, 9.17) is 4.98 Å². The SMILES string of the molecule is Cc1ccccc1-c1nc(-c2ccc(NC(=O)/C=C/c3cccc([N+](=O)[O-])c3)cc2)cs1. The third kappa shape index (κ3) is 4.96. The van der Waals surface area contributed by atoms with Crippen molar-refractivity contribution in [1.82, 2.24) is 4.98 Å². The Morgan fingerprint density at radius 1 is 1.06 bits per heavy atom. The molecular formula is C25H19N3O3S. The molecule has 0 fully saturated rings. The summed E-state index contributed by atoms with van der Waals surface area (Å²) < 4.78 is 0. The fraction of sp³-hybridized carbons (Fsp3) is 0.0400. The second-order valence-electron chi connectivity index (χ2n) is 7.10. The van der Waals surface area contributed by atoms with Crippen molar-refractivity contribution in [3.8, 4) is 21.8 Å². The number of benzene rings is 3. The van der Waals surface area contributed by atoms with Crippen LogP contribution >= 0.6 is 11.3 Å². The number of carbonyl (C=O) groups is 1. The molecule has 3 aromatic carbocycles. The van der Waals surface area contributed by atoms with Crippen LogP contribution in [0.1, 0.15) is 11.1 Å². The highest BCUT2D eigenvalue weighted by atomic mass is 32.1. The molecule has 32 heavy (non-hydrogen) atoms. The molecule has 0 aliphatic heterocycles. The topological polar surface area (TPSA) is 85.1 Å². The zero-order valence-electron chi connectivity index (χ0n) is 17.2. The maximum Gasteiger partial charge on any atom is 0.270 e. The van der Waals surface area contributed by atoms with Gasteiger partial charge in [-0.3, -0.25) is 14.9 Å². The minimum absolute atomic E-state index is 0.0178. The summed E-state index contributed by atoms with van der Waals surface area (Å²) in [5.41, 5.74) is 5.38. The molecule has 0 aliphatic carbocycles. The predicted molar refractivity (Wildman–Crippen MR) is 128 cm³/mol. The number of rotatable bonds is 6. The first-order valence-electron chi connectivity index (χ1n) is 9.85. The van der Waals surface area contributed by atoms with Crippen LogP contribution in [-0.4, -0.2) is 15.8 Å². The number of carbonyl (C=O) groups excluding carboxylic acids is 1. The van der Waals surface area contributed by atoms with Crippen molar-refractivity contribution in [3.63, 3.8) is 0 Å².